The molecule has 1 aliphatic carbocycles. The number of carbonyl (C=O) groups excluding carboxylic acids is 1. The lowest BCUT2D eigenvalue weighted by molar-refractivity contribution is 0.101. The fraction of sp³-hybridized carbons (Fsp3) is 0.389. The van der Waals surface area contributed by atoms with Crippen LogP contribution in [0.15, 0.2) is 27.7 Å². The van der Waals surface area contributed by atoms with E-state index in [9.17, 15) is 14.0 Å². The van der Waals surface area contributed by atoms with Crippen molar-refractivity contribution in [1.29, 1.82) is 0 Å². The summed E-state index contributed by atoms with van der Waals surface area (Å²) in [5.41, 5.74) is 6.50. The molecule has 136 valence electrons. The molecule has 2 aromatic heterocycles. The van der Waals surface area contributed by atoms with Gasteiger partial charge in [0.15, 0.2) is 17.4 Å². The van der Waals surface area contributed by atoms with Gasteiger partial charge in [-0.2, -0.15) is 0 Å². The van der Waals surface area contributed by atoms with Crippen molar-refractivity contribution in [2.45, 2.75) is 25.8 Å². The maximum Gasteiger partial charge on any atom is 0.201 e. The molecule has 1 saturated heterocycles. The van der Waals surface area contributed by atoms with Crippen LogP contribution in [0.5, 0.6) is 0 Å². The zero-order valence-electron chi connectivity index (χ0n) is 14.3. The maximum absolute atomic E-state index is 14.7. The largest absolute Gasteiger partial charge is 0.346 e. The minimum absolute atomic E-state index is 0.0715. The highest BCUT2D eigenvalue weighted by atomic mass is 35.5. The van der Waals surface area contributed by atoms with Crippen molar-refractivity contribution in [2.75, 3.05) is 24.5 Å². The lowest BCUT2D eigenvalue weighted by Crippen LogP contribution is -2.42. The highest BCUT2D eigenvalue weighted by Gasteiger charge is 2.30. The number of aromatic nitrogens is 2. The van der Waals surface area contributed by atoms with E-state index in [1.54, 1.807) is 11.1 Å². The van der Waals surface area contributed by atoms with Crippen molar-refractivity contribution >= 4 is 34.2 Å². The predicted octanol–water partition coefficient (Wildman–Crippen LogP) is 2.34. The van der Waals surface area contributed by atoms with Gasteiger partial charge >= 0.3 is 0 Å². The predicted molar refractivity (Wildman–Crippen MR) is 98.4 cm³/mol. The van der Waals surface area contributed by atoms with E-state index in [1.807, 2.05) is 4.57 Å². The number of ketones is 1. The van der Waals surface area contributed by atoms with Gasteiger partial charge in [-0.3, -0.25) is 9.59 Å². The molecule has 0 unspecified atom stereocenters. The Kier molecular flexibility index (Phi) is 4.08. The lowest BCUT2D eigenvalue weighted by Gasteiger charge is -2.36. The van der Waals surface area contributed by atoms with Crippen LogP contribution in [-0.4, -0.2) is 35.0 Å². The van der Waals surface area contributed by atoms with E-state index >= 15 is 0 Å². The van der Waals surface area contributed by atoms with Gasteiger partial charge in [0.05, 0.1) is 10.9 Å². The summed E-state index contributed by atoms with van der Waals surface area (Å²) in [6.07, 6.45) is 3.46. The molecule has 8 heteroatoms. The summed E-state index contributed by atoms with van der Waals surface area (Å²) in [5, 5.41) is 0.727. The van der Waals surface area contributed by atoms with E-state index in [0.29, 0.717) is 23.8 Å². The van der Waals surface area contributed by atoms with Crippen LogP contribution in [0.4, 0.5) is 10.2 Å². The number of pyridine rings is 2. The van der Waals surface area contributed by atoms with Crippen molar-refractivity contribution in [1.82, 2.24) is 9.55 Å². The van der Waals surface area contributed by atoms with Crippen molar-refractivity contribution in [2.24, 2.45) is 5.73 Å². The second-order valence-corrected chi connectivity index (χ2v) is 7.26. The number of carbonyl (C=O) groups is 1. The van der Waals surface area contributed by atoms with Crippen LogP contribution >= 0.6 is 11.6 Å². The summed E-state index contributed by atoms with van der Waals surface area (Å²) >= 11 is 6.03. The van der Waals surface area contributed by atoms with E-state index in [4.69, 9.17) is 17.3 Å². The Morgan fingerprint density at radius 1 is 1.42 bits per heavy atom. The molecule has 1 aliphatic heterocycles. The van der Waals surface area contributed by atoms with Gasteiger partial charge < -0.3 is 15.2 Å². The van der Waals surface area contributed by atoms with Crippen LogP contribution in [0.1, 0.15) is 36.2 Å². The van der Waals surface area contributed by atoms with Crippen LogP contribution in [0.25, 0.3) is 11.0 Å². The van der Waals surface area contributed by atoms with E-state index in [1.165, 1.54) is 13.0 Å². The number of hydrogen-bond donors (Lipinski definition) is 1. The second-order valence-electron chi connectivity index (χ2n) is 6.80. The van der Waals surface area contributed by atoms with Crippen molar-refractivity contribution in [3.63, 3.8) is 0 Å². The third-order valence-electron chi connectivity index (χ3n) is 4.88. The van der Waals surface area contributed by atoms with E-state index in [0.717, 1.165) is 18.4 Å². The average molecular weight is 377 g/mol. The molecule has 0 amide bonds. The zero-order chi connectivity index (χ0) is 18.6. The molecule has 2 aromatic rings. The second kappa shape index (κ2) is 6.17. The Labute approximate surface area is 154 Å². The molecule has 1 saturated carbocycles. The summed E-state index contributed by atoms with van der Waals surface area (Å²) in [4.78, 5) is 30.6. The molecule has 0 bridgehead atoms. The van der Waals surface area contributed by atoms with Crippen LogP contribution in [0.3, 0.4) is 0 Å². The summed E-state index contributed by atoms with van der Waals surface area (Å²) in [5.74, 6) is -0.725. The first-order chi connectivity index (χ1) is 12.4. The number of Topliss-reactive ketones (excluding diaryl/α,β-unsaturated/α-hetero) is 1. The van der Waals surface area contributed by atoms with Gasteiger partial charge in [0.2, 0.25) is 5.43 Å². The van der Waals surface area contributed by atoms with E-state index in [-0.39, 0.29) is 35.1 Å². The molecule has 0 spiro atoms. The molecule has 2 N–H and O–H groups in total. The Bertz CT molecular complexity index is 1020. The van der Waals surface area contributed by atoms with Gasteiger partial charge in [-0.05, 0) is 31.4 Å². The first-order valence-corrected chi connectivity index (χ1v) is 8.86. The Morgan fingerprint density at radius 3 is 2.69 bits per heavy atom. The minimum atomic E-state index is -0.583. The van der Waals surface area contributed by atoms with Gasteiger partial charge in [-0.25, -0.2) is 9.37 Å². The van der Waals surface area contributed by atoms with E-state index < -0.39 is 11.2 Å². The van der Waals surface area contributed by atoms with Crippen LogP contribution in [0.2, 0.25) is 0 Å². The number of nitrogens with zero attached hydrogens (tertiary/aromatic N) is 3. The standard InChI is InChI=1S/C18H18ClFN4O2/c1-9(25)13-8-24(11-2-3-11)17-12(16(13)26)4-15(20)18(22-17)23-6-10(7-23)14(19)5-21/h4,8,11H,2-3,5-7,21H2,1H3. The molecule has 3 heterocycles. The minimum Gasteiger partial charge on any atom is -0.346 e. The smallest absolute Gasteiger partial charge is 0.201 e. The van der Waals surface area contributed by atoms with Crippen LogP contribution in [0, 0.1) is 5.82 Å². The molecule has 0 atom stereocenters. The number of hydrogen-bond acceptors (Lipinski definition) is 5. The summed E-state index contributed by atoms with van der Waals surface area (Å²) in [6, 6.07) is 1.39. The maximum atomic E-state index is 14.7. The zero-order valence-corrected chi connectivity index (χ0v) is 15.0. The monoisotopic (exact) mass is 376 g/mol. The van der Waals surface area contributed by atoms with Gasteiger partial charge in [0, 0.05) is 36.9 Å². The van der Waals surface area contributed by atoms with Gasteiger partial charge in [0.1, 0.15) is 5.65 Å². The first kappa shape index (κ1) is 17.2. The quantitative estimate of drug-likeness (QED) is 0.828. The topological polar surface area (TPSA) is 81.2 Å². The van der Waals surface area contributed by atoms with Crippen molar-refractivity contribution in [3.8, 4) is 0 Å². The number of anilines is 1. The summed E-state index contributed by atoms with van der Waals surface area (Å²) in [6.45, 7) is 2.52. The molecule has 0 radical (unpaired) electrons. The molecule has 26 heavy (non-hydrogen) atoms. The highest BCUT2D eigenvalue weighted by Crippen LogP contribution is 2.37. The Balaban J connectivity index is 1.84. The molecular weight excluding hydrogens is 359 g/mol. The lowest BCUT2D eigenvalue weighted by atomic mass is 10.1. The molecule has 6 nitrogen and oxygen atoms in total. The molecular formula is C18H18ClFN4O2. The van der Waals surface area contributed by atoms with Crippen LogP contribution in [-0.2, 0) is 0 Å². The number of rotatable bonds is 4. The van der Waals surface area contributed by atoms with Gasteiger partial charge in [0.25, 0.3) is 0 Å². The van der Waals surface area contributed by atoms with Crippen molar-refractivity contribution in [3.05, 3.63) is 44.5 Å². The third-order valence-corrected chi connectivity index (χ3v) is 5.31. The van der Waals surface area contributed by atoms with Crippen LogP contribution < -0.4 is 16.1 Å². The molecule has 2 fully saturated rings. The Morgan fingerprint density at radius 2 is 2.12 bits per heavy atom. The highest BCUT2D eigenvalue weighted by molar-refractivity contribution is 6.30. The third kappa shape index (κ3) is 2.71. The molecule has 2 aliphatic rings. The average Bonchev–Trinajstić information content (AvgIpc) is 3.39. The summed E-state index contributed by atoms with van der Waals surface area (Å²) in [7, 11) is 0. The first-order valence-electron chi connectivity index (χ1n) is 8.48. The van der Waals surface area contributed by atoms with E-state index in [2.05, 4.69) is 4.98 Å². The normalized spacial score (nSPS) is 16.8. The SMILES string of the molecule is CC(=O)c1cn(C2CC2)c2nc(N3CC(=C(Cl)CN)C3)c(F)cc2c1=O. The van der Waals surface area contributed by atoms with Gasteiger partial charge in [-0.1, -0.05) is 11.6 Å². The summed E-state index contributed by atoms with van der Waals surface area (Å²) < 4.78 is 16.5. The number of halogens is 2. The van der Waals surface area contributed by atoms with Gasteiger partial charge in [-0.15, -0.1) is 0 Å². The molecule has 0 aromatic carbocycles. The molecule has 4 rings (SSSR count). The Hall–Kier alpha value is -2.25. The number of nitrogens with two attached hydrogens (primary N) is 1. The fourth-order valence-electron chi connectivity index (χ4n) is 3.22. The van der Waals surface area contributed by atoms with Crippen molar-refractivity contribution < 1.29 is 9.18 Å². The number of fused-ring (bicyclic) bond motifs is 1. The fourth-order valence-corrected chi connectivity index (χ4v) is 3.34.